The fourth-order valence-corrected chi connectivity index (χ4v) is 0.264. The van der Waals surface area contributed by atoms with Crippen molar-refractivity contribution in [2.45, 2.75) is 0 Å². The molecule has 10 heteroatoms. The van der Waals surface area contributed by atoms with Gasteiger partial charge in [0.1, 0.15) is 0 Å². The number of nitro groups is 1. The maximum Gasteiger partial charge on any atom is 0.248 e. The summed E-state index contributed by atoms with van der Waals surface area (Å²) in [5, 5.41) is 28.1. The van der Waals surface area contributed by atoms with Crippen molar-refractivity contribution in [3.63, 3.8) is 0 Å². The van der Waals surface area contributed by atoms with E-state index in [0.29, 0.717) is 0 Å². The lowest BCUT2D eigenvalue weighted by Gasteiger charge is -1.86. The molecule has 0 aliphatic heterocycles. The highest BCUT2D eigenvalue weighted by Crippen LogP contribution is 1.50. The van der Waals surface area contributed by atoms with Gasteiger partial charge >= 0.3 is 0 Å². The SMILES string of the molecule is N=C(N)N[N+](=O)[O-].c1nncnn1. The summed E-state index contributed by atoms with van der Waals surface area (Å²) in [6, 6.07) is 0. The Morgan fingerprint density at radius 1 is 1.38 bits per heavy atom. The molecule has 0 saturated carbocycles. The van der Waals surface area contributed by atoms with E-state index in [2.05, 4.69) is 26.1 Å². The fraction of sp³-hybridized carbons (Fsp3) is 0. The molecular formula is C3H6N8O2. The van der Waals surface area contributed by atoms with Gasteiger partial charge in [0.2, 0.25) is 5.96 Å². The molecule has 1 aromatic rings. The van der Waals surface area contributed by atoms with E-state index >= 15 is 0 Å². The molecular weight excluding hydrogens is 180 g/mol. The Morgan fingerprint density at radius 3 is 1.85 bits per heavy atom. The highest BCUT2D eigenvalue weighted by Gasteiger charge is 1.91. The van der Waals surface area contributed by atoms with E-state index in [0.717, 1.165) is 0 Å². The first-order valence-corrected chi connectivity index (χ1v) is 2.81. The van der Waals surface area contributed by atoms with Crippen LogP contribution < -0.4 is 11.2 Å². The van der Waals surface area contributed by atoms with Gasteiger partial charge in [-0.3, -0.25) is 5.41 Å². The lowest BCUT2D eigenvalue weighted by atomic mass is 11.1. The number of aromatic nitrogens is 4. The third-order valence-electron chi connectivity index (χ3n) is 0.552. The van der Waals surface area contributed by atoms with Crippen LogP contribution in [0.5, 0.6) is 0 Å². The van der Waals surface area contributed by atoms with Crippen LogP contribution in [0, 0.1) is 15.5 Å². The standard InChI is InChI=1S/C2H2N4.CH4N4O2/c1-3-5-2-6-4-1;2-1(3)4-5(6)7/h1-2H;(H4,2,3,4). The normalized spacial score (nSPS) is 7.69. The van der Waals surface area contributed by atoms with E-state index < -0.39 is 11.0 Å². The highest BCUT2D eigenvalue weighted by atomic mass is 16.7. The van der Waals surface area contributed by atoms with Crippen LogP contribution in [0.25, 0.3) is 0 Å². The van der Waals surface area contributed by atoms with E-state index in [1.807, 2.05) is 0 Å². The Hall–Kier alpha value is -2.39. The molecule has 13 heavy (non-hydrogen) atoms. The van der Waals surface area contributed by atoms with E-state index in [4.69, 9.17) is 5.41 Å². The van der Waals surface area contributed by atoms with Crippen molar-refractivity contribution in [3.05, 3.63) is 22.8 Å². The van der Waals surface area contributed by atoms with E-state index in [9.17, 15) is 10.1 Å². The molecule has 0 unspecified atom stereocenters. The van der Waals surface area contributed by atoms with Crippen molar-refractivity contribution in [3.8, 4) is 0 Å². The van der Waals surface area contributed by atoms with Crippen LogP contribution >= 0.6 is 0 Å². The first kappa shape index (κ1) is 10.6. The minimum Gasteiger partial charge on any atom is -0.366 e. The minimum absolute atomic E-state index is 0.662. The average Bonchev–Trinajstić information content (AvgIpc) is 2.06. The largest absolute Gasteiger partial charge is 0.366 e. The monoisotopic (exact) mass is 186 g/mol. The Bertz CT molecular complexity index is 223. The maximum atomic E-state index is 9.28. The van der Waals surface area contributed by atoms with Crippen LogP contribution in [0.3, 0.4) is 0 Å². The number of hydrazine groups is 1. The van der Waals surface area contributed by atoms with E-state index in [-0.39, 0.29) is 0 Å². The zero-order valence-electron chi connectivity index (χ0n) is 6.28. The Labute approximate surface area is 71.8 Å². The number of nitrogens with zero attached hydrogens (tertiary/aromatic N) is 5. The molecule has 0 spiro atoms. The summed E-state index contributed by atoms with van der Waals surface area (Å²) in [4.78, 5) is 9.28. The van der Waals surface area contributed by atoms with Crippen molar-refractivity contribution in [2.24, 2.45) is 5.73 Å². The quantitative estimate of drug-likeness (QED) is 0.195. The lowest BCUT2D eigenvalue weighted by Crippen LogP contribution is -2.34. The molecule has 0 radical (unpaired) electrons. The second-order valence-electron chi connectivity index (χ2n) is 1.48. The smallest absolute Gasteiger partial charge is 0.248 e. The minimum atomic E-state index is -0.900. The molecule has 0 amide bonds. The van der Waals surface area contributed by atoms with Crippen LogP contribution in [0.15, 0.2) is 12.7 Å². The number of hydrogen-bond donors (Lipinski definition) is 3. The Balaban J connectivity index is 0.000000223. The van der Waals surface area contributed by atoms with Gasteiger partial charge in [-0.2, -0.15) is 0 Å². The van der Waals surface area contributed by atoms with Crippen molar-refractivity contribution in [1.29, 1.82) is 5.41 Å². The predicted molar refractivity (Wildman–Crippen MR) is 39.7 cm³/mol. The highest BCUT2D eigenvalue weighted by molar-refractivity contribution is 5.72. The Morgan fingerprint density at radius 2 is 1.77 bits per heavy atom. The van der Waals surface area contributed by atoms with Crippen molar-refractivity contribution in [1.82, 2.24) is 25.8 Å². The van der Waals surface area contributed by atoms with Gasteiger partial charge in [0.15, 0.2) is 17.7 Å². The molecule has 0 atom stereocenters. The third-order valence-corrected chi connectivity index (χ3v) is 0.552. The van der Waals surface area contributed by atoms with Gasteiger partial charge in [-0.05, 0) is 0 Å². The maximum absolute atomic E-state index is 9.28. The van der Waals surface area contributed by atoms with Gasteiger partial charge < -0.3 is 5.73 Å². The summed E-state index contributed by atoms with van der Waals surface area (Å²) < 4.78 is 0. The molecule has 0 aromatic carbocycles. The molecule has 4 N–H and O–H groups in total. The topological polar surface area (TPSA) is 157 Å². The van der Waals surface area contributed by atoms with Crippen LogP contribution in [-0.2, 0) is 0 Å². The number of rotatable bonds is 1. The second kappa shape index (κ2) is 6.33. The lowest BCUT2D eigenvalue weighted by molar-refractivity contribution is -0.525. The van der Waals surface area contributed by atoms with Gasteiger partial charge in [-0.25, -0.2) is 10.1 Å². The molecule has 70 valence electrons. The predicted octanol–water partition coefficient (Wildman–Crippen LogP) is -2.07. The Kier molecular flexibility index (Phi) is 5.17. The van der Waals surface area contributed by atoms with Gasteiger partial charge in [0.25, 0.3) is 0 Å². The van der Waals surface area contributed by atoms with Crippen LogP contribution in [0.4, 0.5) is 0 Å². The van der Waals surface area contributed by atoms with Gasteiger partial charge in [0, 0.05) is 0 Å². The van der Waals surface area contributed by atoms with E-state index in [1.165, 1.54) is 18.1 Å². The summed E-state index contributed by atoms with van der Waals surface area (Å²) in [6.45, 7) is 0. The van der Waals surface area contributed by atoms with Crippen molar-refractivity contribution < 1.29 is 5.03 Å². The molecule has 0 aliphatic carbocycles. The number of hydrogen-bond acceptors (Lipinski definition) is 7. The van der Waals surface area contributed by atoms with Crippen LogP contribution in [0.2, 0.25) is 0 Å². The summed E-state index contributed by atoms with van der Waals surface area (Å²) in [5.41, 5.74) is 5.91. The van der Waals surface area contributed by atoms with Crippen LogP contribution in [0.1, 0.15) is 0 Å². The molecule has 1 aromatic heterocycles. The zero-order chi connectivity index (χ0) is 10.1. The molecule has 0 fully saturated rings. The van der Waals surface area contributed by atoms with Gasteiger partial charge in [-0.15, -0.1) is 20.4 Å². The first-order valence-electron chi connectivity index (χ1n) is 2.81. The molecule has 0 saturated heterocycles. The average molecular weight is 186 g/mol. The molecule has 10 nitrogen and oxygen atoms in total. The number of guanidine groups is 1. The fourth-order valence-electron chi connectivity index (χ4n) is 0.264. The third kappa shape index (κ3) is 9.61. The summed E-state index contributed by atoms with van der Waals surface area (Å²) >= 11 is 0. The number of nitrogens with one attached hydrogen (secondary N) is 2. The zero-order valence-corrected chi connectivity index (χ0v) is 6.28. The number of nitrogens with two attached hydrogens (primary N) is 1. The first-order chi connectivity index (χ1) is 6.13. The second-order valence-corrected chi connectivity index (χ2v) is 1.48. The molecule has 0 bridgehead atoms. The summed E-state index contributed by atoms with van der Waals surface area (Å²) in [7, 11) is 0. The van der Waals surface area contributed by atoms with Gasteiger partial charge in [0.05, 0.1) is 0 Å². The summed E-state index contributed by atoms with van der Waals surface area (Å²) in [6.07, 6.45) is 2.56. The van der Waals surface area contributed by atoms with Crippen molar-refractivity contribution >= 4 is 5.96 Å². The molecule has 1 heterocycles. The van der Waals surface area contributed by atoms with Crippen LogP contribution in [-0.4, -0.2) is 31.4 Å². The molecule has 1 rings (SSSR count). The van der Waals surface area contributed by atoms with Crippen molar-refractivity contribution in [2.75, 3.05) is 0 Å². The van der Waals surface area contributed by atoms with Gasteiger partial charge in [-0.1, -0.05) is 5.43 Å². The summed E-state index contributed by atoms with van der Waals surface area (Å²) in [5.74, 6) is -0.662. The van der Waals surface area contributed by atoms with E-state index in [1.54, 1.807) is 0 Å². The molecule has 0 aliphatic rings.